The van der Waals surface area contributed by atoms with Crippen LogP contribution in [0.25, 0.3) is 0 Å². The average molecular weight is 189 g/mol. The number of aliphatic carboxylic acids is 1. The quantitative estimate of drug-likeness (QED) is 0.574. The zero-order valence-electron chi connectivity index (χ0n) is 8.45. The van der Waals surface area contributed by atoms with Crippen LogP contribution in [-0.4, -0.2) is 48.8 Å². The van der Waals surface area contributed by atoms with E-state index in [1.165, 1.54) is 0 Å². The Bertz CT molecular complexity index is 135. The van der Waals surface area contributed by atoms with Gasteiger partial charge in [0.25, 0.3) is 0 Å². The summed E-state index contributed by atoms with van der Waals surface area (Å²) >= 11 is 0. The number of hydrogen-bond donors (Lipinski definition) is 1. The van der Waals surface area contributed by atoms with Crippen LogP contribution in [0.15, 0.2) is 0 Å². The average Bonchev–Trinajstić information content (AvgIpc) is 2.11. The molecule has 0 bridgehead atoms. The van der Waals surface area contributed by atoms with E-state index < -0.39 is 5.97 Å². The zero-order valence-corrected chi connectivity index (χ0v) is 8.45. The molecule has 0 unspecified atom stereocenters. The van der Waals surface area contributed by atoms with Crippen molar-refractivity contribution in [3.8, 4) is 0 Å². The number of ether oxygens (including phenoxy) is 1. The van der Waals surface area contributed by atoms with Gasteiger partial charge in [0.2, 0.25) is 0 Å². The maximum absolute atomic E-state index is 10.1. The van der Waals surface area contributed by atoms with Crippen molar-refractivity contribution in [2.45, 2.75) is 20.3 Å². The Morgan fingerprint density at radius 3 is 2.38 bits per heavy atom. The van der Waals surface area contributed by atoms with Gasteiger partial charge in [0, 0.05) is 6.54 Å². The molecule has 0 aromatic heterocycles. The smallest absolute Gasteiger partial charge is 0.305 e. The highest BCUT2D eigenvalue weighted by atomic mass is 16.5. The van der Waals surface area contributed by atoms with E-state index in [1.54, 1.807) is 0 Å². The van der Waals surface area contributed by atoms with Crippen molar-refractivity contribution < 1.29 is 14.6 Å². The normalized spacial score (nSPS) is 10.7. The van der Waals surface area contributed by atoms with Crippen molar-refractivity contribution in [1.29, 1.82) is 0 Å². The van der Waals surface area contributed by atoms with Gasteiger partial charge in [0.15, 0.2) is 0 Å². The molecule has 0 aliphatic rings. The van der Waals surface area contributed by atoms with Gasteiger partial charge in [-0.2, -0.15) is 0 Å². The molecule has 0 aliphatic carbocycles. The first-order chi connectivity index (χ1) is 6.20. The van der Waals surface area contributed by atoms with E-state index >= 15 is 0 Å². The van der Waals surface area contributed by atoms with Gasteiger partial charge in [-0.3, -0.25) is 4.79 Å². The number of nitrogens with zero attached hydrogens (tertiary/aromatic N) is 1. The molecule has 0 fully saturated rings. The molecular formula is C9H19NO3. The summed E-state index contributed by atoms with van der Waals surface area (Å²) in [7, 11) is 0. The molecule has 0 radical (unpaired) electrons. The number of hydrogen-bond acceptors (Lipinski definition) is 3. The molecule has 0 aromatic carbocycles. The highest BCUT2D eigenvalue weighted by Gasteiger charge is 1.99. The lowest BCUT2D eigenvalue weighted by Gasteiger charge is -2.17. The maximum atomic E-state index is 10.1. The van der Waals surface area contributed by atoms with Gasteiger partial charge in [-0.15, -0.1) is 0 Å². The van der Waals surface area contributed by atoms with Crippen LogP contribution in [0.3, 0.4) is 0 Å². The van der Waals surface area contributed by atoms with E-state index in [1.807, 2.05) is 0 Å². The lowest BCUT2D eigenvalue weighted by atomic mass is 10.4. The molecule has 13 heavy (non-hydrogen) atoms. The van der Waals surface area contributed by atoms with Crippen molar-refractivity contribution in [2.24, 2.45) is 0 Å². The van der Waals surface area contributed by atoms with E-state index in [2.05, 4.69) is 18.7 Å². The van der Waals surface area contributed by atoms with Crippen LogP contribution in [0.2, 0.25) is 0 Å². The summed E-state index contributed by atoms with van der Waals surface area (Å²) in [6, 6.07) is 0. The first-order valence-electron chi connectivity index (χ1n) is 4.72. The molecule has 78 valence electrons. The monoisotopic (exact) mass is 189 g/mol. The Morgan fingerprint density at radius 2 is 1.92 bits per heavy atom. The van der Waals surface area contributed by atoms with E-state index in [9.17, 15) is 4.79 Å². The van der Waals surface area contributed by atoms with Crippen LogP contribution in [0.5, 0.6) is 0 Å². The highest BCUT2D eigenvalue weighted by molar-refractivity contribution is 5.66. The third kappa shape index (κ3) is 7.74. The molecule has 4 heteroatoms. The SMILES string of the molecule is CCN(CC)CCOCCC(=O)O. The van der Waals surface area contributed by atoms with Gasteiger partial charge < -0.3 is 14.7 Å². The van der Waals surface area contributed by atoms with Gasteiger partial charge in [-0.25, -0.2) is 0 Å². The van der Waals surface area contributed by atoms with Crippen LogP contribution in [0.4, 0.5) is 0 Å². The lowest BCUT2D eigenvalue weighted by molar-refractivity contribution is -0.138. The van der Waals surface area contributed by atoms with Gasteiger partial charge in [0.05, 0.1) is 19.6 Å². The van der Waals surface area contributed by atoms with Gasteiger partial charge in [-0.05, 0) is 13.1 Å². The summed E-state index contributed by atoms with van der Waals surface area (Å²) < 4.78 is 5.16. The molecule has 0 aliphatic heterocycles. The van der Waals surface area contributed by atoms with Crippen LogP contribution in [0.1, 0.15) is 20.3 Å². The second kappa shape index (κ2) is 8.01. The van der Waals surface area contributed by atoms with Crippen LogP contribution in [-0.2, 0) is 9.53 Å². The van der Waals surface area contributed by atoms with Crippen LogP contribution in [0, 0.1) is 0 Å². The molecular weight excluding hydrogens is 170 g/mol. The Balaban J connectivity index is 3.19. The van der Waals surface area contributed by atoms with Crippen molar-refractivity contribution in [2.75, 3.05) is 32.8 Å². The number of rotatable bonds is 8. The molecule has 0 rings (SSSR count). The highest BCUT2D eigenvalue weighted by Crippen LogP contribution is 1.88. The fourth-order valence-corrected chi connectivity index (χ4v) is 0.995. The molecule has 0 amide bonds. The van der Waals surface area contributed by atoms with E-state index in [0.717, 1.165) is 19.6 Å². The topological polar surface area (TPSA) is 49.8 Å². The third-order valence-electron chi connectivity index (χ3n) is 1.91. The summed E-state index contributed by atoms with van der Waals surface area (Å²) in [4.78, 5) is 12.4. The second-order valence-corrected chi connectivity index (χ2v) is 2.78. The van der Waals surface area contributed by atoms with E-state index in [0.29, 0.717) is 13.2 Å². The predicted octanol–water partition coefficient (Wildman–Crippen LogP) is 0.820. The standard InChI is InChI=1S/C9H19NO3/c1-3-10(4-2)6-8-13-7-5-9(11)12/h3-8H2,1-2H3,(H,11,12). The number of carboxylic acid groups (broad SMARTS) is 1. The van der Waals surface area contributed by atoms with Crippen molar-refractivity contribution in [1.82, 2.24) is 4.90 Å². The molecule has 0 heterocycles. The molecule has 0 saturated heterocycles. The number of likely N-dealkylation sites (N-methyl/N-ethyl adjacent to an activating group) is 1. The fraction of sp³-hybridized carbons (Fsp3) is 0.889. The molecule has 4 nitrogen and oxygen atoms in total. The number of carboxylic acids is 1. The first-order valence-corrected chi connectivity index (χ1v) is 4.72. The Kier molecular flexibility index (Phi) is 7.63. The van der Waals surface area contributed by atoms with Crippen molar-refractivity contribution in [3.05, 3.63) is 0 Å². The minimum atomic E-state index is -0.803. The van der Waals surface area contributed by atoms with Crippen molar-refractivity contribution >= 4 is 5.97 Å². The molecule has 1 N–H and O–H groups in total. The predicted molar refractivity (Wildman–Crippen MR) is 50.9 cm³/mol. The third-order valence-corrected chi connectivity index (χ3v) is 1.91. The number of carbonyl (C=O) groups is 1. The first kappa shape index (κ1) is 12.4. The summed E-state index contributed by atoms with van der Waals surface area (Å²) in [6.07, 6.45) is 0.0955. The molecule has 0 saturated carbocycles. The minimum absolute atomic E-state index is 0.0955. The second-order valence-electron chi connectivity index (χ2n) is 2.78. The Labute approximate surface area is 79.5 Å². The van der Waals surface area contributed by atoms with Gasteiger partial charge in [-0.1, -0.05) is 13.8 Å². The van der Waals surface area contributed by atoms with E-state index in [-0.39, 0.29) is 6.42 Å². The largest absolute Gasteiger partial charge is 0.481 e. The molecule has 0 aromatic rings. The van der Waals surface area contributed by atoms with Gasteiger partial charge >= 0.3 is 5.97 Å². The molecule has 0 atom stereocenters. The van der Waals surface area contributed by atoms with Crippen LogP contribution >= 0.6 is 0 Å². The maximum Gasteiger partial charge on any atom is 0.305 e. The van der Waals surface area contributed by atoms with E-state index in [4.69, 9.17) is 9.84 Å². The summed E-state index contributed by atoms with van der Waals surface area (Å²) in [6.45, 7) is 8.04. The van der Waals surface area contributed by atoms with Gasteiger partial charge in [0.1, 0.15) is 0 Å². The summed E-state index contributed by atoms with van der Waals surface area (Å²) in [5, 5.41) is 8.32. The summed E-state index contributed by atoms with van der Waals surface area (Å²) in [5.41, 5.74) is 0. The summed E-state index contributed by atoms with van der Waals surface area (Å²) in [5.74, 6) is -0.803. The minimum Gasteiger partial charge on any atom is -0.481 e. The Hall–Kier alpha value is -0.610. The van der Waals surface area contributed by atoms with Crippen molar-refractivity contribution in [3.63, 3.8) is 0 Å². The lowest BCUT2D eigenvalue weighted by Crippen LogP contribution is -2.27. The molecule has 0 spiro atoms. The van der Waals surface area contributed by atoms with Crippen LogP contribution < -0.4 is 0 Å². The zero-order chi connectivity index (χ0) is 10.1. The Morgan fingerprint density at radius 1 is 1.31 bits per heavy atom. The fourth-order valence-electron chi connectivity index (χ4n) is 0.995.